The van der Waals surface area contributed by atoms with Crippen molar-refractivity contribution < 1.29 is 31.4 Å². The van der Waals surface area contributed by atoms with E-state index in [1.165, 1.54) is 59.1 Å². The second-order valence-corrected chi connectivity index (χ2v) is 22.6. The summed E-state index contributed by atoms with van der Waals surface area (Å²) in [6.07, 6.45) is 18.1. The van der Waals surface area contributed by atoms with Crippen LogP contribution in [0.3, 0.4) is 0 Å². The van der Waals surface area contributed by atoms with Gasteiger partial charge in [-0.05, 0) is 143 Å². The highest BCUT2D eigenvalue weighted by molar-refractivity contribution is 7.12. The number of halogens is 5. The average Bonchev–Trinajstić information content (AvgIpc) is 3.20. The van der Waals surface area contributed by atoms with Crippen LogP contribution in [-0.2, 0) is 0 Å². The fraction of sp³-hybridized carbons (Fsp3) is 0.312. The molecule has 0 amide bonds. The fourth-order valence-electron chi connectivity index (χ4n) is 9.76. The van der Waals surface area contributed by atoms with Crippen LogP contribution >= 0.6 is 22.7 Å². The van der Waals surface area contributed by atoms with Crippen molar-refractivity contribution in [2.24, 2.45) is 11.8 Å². The molecule has 2 aliphatic heterocycles. The smallest absolute Gasteiger partial charge is 0.273 e. The van der Waals surface area contributed by atoms with Crippen molar-refractivity contribution in [1.82, 2.24) is 44.0 Å². The SMILES string of the molecule is CC(C)/C=C\c1ncc(-c2ccc(C#N)c(F)c2)[nH]1.CCOc1nc(-c2cnc3ccc(N4CCCC4c4cc(F)ccc4F)cn23)cs1.CCOc1nc(-c2cnc3ccc(NCCC(C)C)cn23)cs1.Fc1ccc(F)c(C2CCCN2)c1. The molecule has 9 heterocycles. The van der Waals surface area contributed by atoms with Gasteiger partial charge in [0, 0.05) is 59.0 Å². The molecule has 2 atom stereocenters. The number of nitriles is 1. The second kappa shape index (κ2) is 28.9. The summed E-state index contributed by atoms with van der Waals surface area (Å²) >= 11 is 2.96. The molecule has 0 radical (unpaired) electrons. The highest BCUT2D eigenvalue weighted by atomic mass is 32.1. The van der Waals surface area contributed by atoms with E-state index in [1.807, 2.05) is 71.8 Å². The molecule has 85 heavy (non-hydrogen) atoms. The Morgan fingerprint density at radius 3 is 1.99 bits per heavy atom. The van der Waals surface area contributed by atoms with Gasteiger partial charge in [0.2, 0.25) is 0 Å². The van der Waals surface area contributed by atoms with Crippen LogP contribution in [-0.4, -0.2) is 71.6 Å². The van der Waals surface area contributed by atoms with Crippen LogP contribution in [0.5, 0.6) is 10.4 Å². The van der Waals surface area contributed by atoms with Gasteiger partial charge in [0.15, 0.2) is 0 Å². The largest absolute Gasteiger partial charge is 0.470 e. The van der Waals surface area contributed by atoms with Crippen LogP contribution in [0.25, 0.3) is 51.4 Å². The highest BCUT2D eigenvalue weighted by Gasteiger charge is 2.30. The minimum Gasteiger partial charge on any atom is -0.470 e. The van der Waals surface area contributed by atoms with Crippen molar-refractivity contribution in [2.45, 2.75) is 85.7 Å². The number of imidazole rings is 3. The van der Waals surface area contributed by atoms with E-state index in [-0.39, 0.29) is 35.1 Å². The Hall–Kier alpha value is -8.45. The number of hydrogen-bond acceptors (Lipinski definition) is 13. The third-order valence-electron chi connectivity index (χ3n) is 14.0. The lowest BCUT2D eigenvalue weighted by atomic mass is 10.0. The molecule has 14 nitrogen and oxygen atoms in total. The molecule has 2 unspecified atom stereocenters. The lowest BCUT2D eigenvalue weighted by Gasteiger charge is -2.27. The standard InChI is InChI=1S/C22H20F2N4OS.C17H22N4OS.C15H14FN3.C10H11F2N/c1-2-29-22-26-18(13-30-22)20-11-25-21-8-6-15(12-28(20)21)27-9-3-4-19(27)16-10-14(23)5-7-17(16)24;1-4-22-17-20-14(11-23-17)15-9-19-16-6-5-13(10-21(15)16)18-8-7-12(2)3;1-10(2)3-6-15-18-9-14(19-15)11-4-5-12(8-17)13(16)7-11;11-7-3-4-9(12)8(6-7)10-2-1-5-13-10/h5-8,10-13,19H,2-4,9H2,1H3;5-6,9-12,18H,4,7-8H2,1-3H3;3-7,9-10H,1-2H3,(H,18,19);3-4,6,10,13H,1-2,5H2/b;;6-3-;. The molecule has 2 saturated heterocycles. The number of ether oxygens (including phenoxy) is 2. The van der Waals surface area contributed by atoms with Crippen LogP contribution in [0.15, 0.2) is 127 Å². The minimum absolute atomic E-state index is 0.00398. The summed E-state index contributed by atoms with van der Waals surface area (Å²) in [5, 5.41) is 20.6. The van der Waals surface area contributed by atoms with E-state index in [0.29, 0.717) is 52.1 Å². The first-order valence-electron chi connectivity index (χ1n) is 28.4. The number of thiazole rings is 2. The number of aromatic amines is 1. The van der Waals surface area contributed by atoms with Crippen molar-refractivity contribution in [3.8, 4) is 50.5 Å². The number of rotatable bonds is 16. The predicted molar refractivity (Wildman–Crippen MR) is 327 cm³/mol. The number of pyridine rings is 2. The molecular weight excluding hydrogens is 1130 g/mol. The fourth-order valence-corrected chi connectivity index (χ4v) is 11.2. The molecule has 0 saturated carbocycles. The number of allylic oxidation sites excluding steroid dienone is 1. The zero-order chi connectivity index (χ0) is 60.0. The van der Waals surface area contributed by atoms with Crippen molar-refractivity contribution >= 4 is 51.4 Å². The molecule has 0 aliphatic carbocycles. The summed E-state index contributed by atoms with van der Waals surface area (Å²) in [4.78, 5) is 27.4. The molecule has 3 aromatic carbocycles. The van der Waals surface area contributed by atoms with Gasteiger partial charge >= 0.3 is 0 Å². The van der Waals surface area contributed by atoms with Crippen molar-refractivity contribution in [2.75, 3.05) is 43.1 Å². The third-order valence-corrected chi connectivity index (χ3v) is 15.5. The van der Waals surface area contributed by atoms with Crippen LogP contribution in [0.2, 0.25) is 0 Å². The summed E-state index contributed by atoms with van der Waals surface area (Å²) in [6.45, 7) is 16.3. The van der Waals surface area contributed by atoms with Crippen LogP contribution in [0, 0.1) is 52.3 Å². The van der Waals surface area contributed by atoms with E-state index >= 15 is 0 Å². The van der Waals surface area contributed by atoms with E-state index in [0.717, 1.165) is 121 Å². The number of aromatic nitrogens is 8. The Balaban J connectivity index is 0.000000141. The Morgan fingerprint density at radius 1 is 0.729 bits per heavy atom. The van der Waals surface area contributed by atoms with Gasteiger partial charge < -0.3 is 30.0 Å². The summed E-state index contributed by atoms with van der Waals surface area (Å²) in [6, 6.07) is 21.4. The zero-order valence-electron chi connectivity index (χ0n) is 48.1. The van der Waals surface area contributed by atoms with Crippen molar-refractivity contribution in [3.63, 3.8) is 0 Å². The van der Waals surface area contributed by atoms with Crippen LogP contribution in [0.1, 0.15) is 108 Å². The molecule has 7 aromatic heterocycles. The molecule has 21 heteroatoms. The number of nitrogens with one attached hydrogen (secondary N) is 3. The van der Waals surface area contributed by atoms with E-state index < -0.39 is 11.6 Å². The maximum Gasteiger partial charge on any atom is 0.273 e. The summed E-state index contributed by atoms with van der Waals surface area (Å²) in [5.74, 6) is -0.126. The lowest BCUT2D eigenvalue weighted by molar-refractivity contribution is 0.338. The van der Waals surface area contributed by atoms with Gasteiger partial charge in [-0.1, -0.05) is 62.5 Å². The molecular formula is C64H67F5N12O2S2. The first-order valence-corrected chi connectivity index (χ1v) is 30.1. The number of H-pyrrole nitrogens is 1. The number of benzene rings is 3. The molecule has 2 fully saturated rings. The molecule has 0 bridgehead atoms. The quantitative estimate of drug-likeness (QED) is 0.0791. The number of anilines is 2. The predicted octanol–water partition coefficient (Wildman–Crippen LogP) is 15.9. The molecule has 0 spiro atoms. The number of nitrogens with zero attached hydrogens (tertiary/aromatic N) is 9. The molecule has 3 N–H and O–H groups in total. The van der Waals surface area contributed by atoms with Gasteiger partial charge in [-0.3, -0.25) is 8.80 Å². The molecule has 442 valence electrons. The van der Waals surface area contributed by atoms with Gasteiger partial charge in [0.25, 0.3) is 10.4 Å². The monoisotopic (exact) mass is 1190 g/mol. The number of hydrogen-bond donors (Lipinski definition) is 3. The Labute approximate surface area is 499 Å². The lowest BCUT2D eigenvalue weighted by Crippen LogP contribution is -2.23. The second-order valence-electron chi connectivity index (χ2n) is 20.9. The van der Waals surface area contributed by atoms with Gasteiger partial charge in [-0.2, -0.15) is 5.26 Å². The van der Waals surface area contributed by atoms with E-state index in [2.05, 4.69) is 89.8 Å². The zero-order valence-corrected chi connectivity index (χ0v) is 49.8. The van der Waals surface area contributed by atoms with Gasteiger partial charge in [0.1, 0.15) is 63.7 Å². The van der Waals surface area contributed by atoms with Gasteiger partial charge in [0.05, 0.1) is 71.9 Å². The van der Waals surface area contributed by atoms with Gasteiger partial charge in [-0.15, -0.1) is 0 Å². The van der Waals surface area contributed by atoms with Crippen LogP contribution in [0.4, 0.5) is 33.3 Å². The van der Waals surface area contributed by atoms with E-state index in [9.17, 15) is 22.0 Å². The molecule has 10 aromatic rings. The van der Waals surface area contributed by atoms with Gasteiger partial charge in [-0.25, -0.2) is 46.9 Å². The third kappa shape index (κ3) is 15.7. The topological polar surface area (TPSA) is 159 Å². The Kier molecular flexibility index (Phi) is 20.8. The van der Waals surface area contributed by atoms with Crippen molar-refractivity contribution in [3.05, 3.63) is 178 Å². The molecule has 12 rings (SSSR count). The maximum absolute atomic E-state index is 14.4. The summed E-state index contributed by atoms with van der Waals surface area (Å²) < 4.78 is 82.8. The first kappa shape index (κ1) is 61.1. The average molecular weight is 1200 g/mol. The highest BCUT2D eigenvalue weighted by Crippen LogP contribution is 2.39. The summed E-state index contributed by atoms with van der Waals surface area (Å²) in [5.41, 5.74) is 9.59. The number of fused-ring (bicyclic) bond motifs is 2. The van der Waals surface area contributed by atoms with Crippen molar-refractivity contribution in [1.29, 1.82) is 5.26 Å². The van der Waals surface area contributed by atoms with Crippen LogP contribution < -0.4 is 25.0 Å². The summed E-state index contributed by atoms with van der Waals surface area (Å²) in [7, 11) is 0. The first-order chi connectivity index (χ1) is 41.2. The minimum atomic E-state index is -0.520. The Bertz CT molecular complexity index is 3890. The maximum atomic E-state index is 14.4. The Morgan fingerprint density at radius 2 is 1.38 bits per heavy atom. The molecule has 2 aliphatic rings. The van der Waals surface area contributed by atoms with E-state index in [4.69, 9.17) is 14.7 Å². The van der Waals surface area contributed by atoms with E-state index in [1.54, 1.807) is 24.5 Å². The normalized spacial score (nSPS) is 14.8.